The molecule has 0 atom stereocenters. The minimum absolute atomic E-state index is 0.103. The molecule has 1 aliphatic rings. The van der Waals surface area contributed by atoms with Gasteiger partial charge in [0.1, 0.15) is 11.5 Å². The highest BCUT2D eigenvalue weighted by Crippen LogP contribution is 2.35. The Labute approximate surface area is 124 Å². The predicted molar refractivity (Wildman–Crippen MR) is 76.9 cm³/mol. The molecule has 1 aromatic heterocycles. The summed E-state index contributed by atoms with van der Waals surface area (Å²) in [7, 11) is 0. The van der Waals surface area contributed by atoms with Gasteiger partial charge in [-0.2, -0.15) is 13.2 Å². The van der Waals surface area contributed by atoms with Crippen LogP contribution in [0.25, 0.3) is 10.9 Å². The summed E-state index contributed by atoms with van der Waals surface area (Å²) in [4.78, 5) is 7.95. The van der Waals surface area contributed by atoms with E-state index in [1.165, 1.54) is 12.1 Å². The van der Waals surface area contributed by atoms with Gasteiger partial charge in [0.2, 0.25) is 0 Å². The Kier molecular flexibility index (Phi) is 3.85. The van der Waals surface area contributed by atoms with E-state index in [1.807, 2.05) is 0 Å². The lowest BCUT2D eigenvalue weighted by Crippen LogP contribution is -2.08. The zero-order valence-electron chi connectivity index (χ0n) is 11.8. The third-order valence-corrected chi connectivity index (χ3v) is 3.75. The van der Waals surface area contributed by atoms with E-state index in [4.69, 9.17) is 0 Å². The van der Waals surface area contributed by atoms with Gasteiger partial charge in [-0.05, 0) is 49.9 Å². The number of alkyl halides is 3. The maximum Gasteiger partial charge on any atom is 0.433 e. The minimum atomic E-state index is -4.55. The van der Waals surface area contributed by atoms with Crippen molar-refractivity contribution in [1.82, 2.24) is 4.98 Å². The molecule has 1 heterocycles. The highest BCUT2D eigenvalue weighted by molar-refractivity contribution is 5.95. The summed E-state index contributed by atoms with van der Waals surface area (Å²) in [5, 5.41) is 0.311. The van der Waals surface area contributed by atoms with E-state index >= 15 is 0 Å². The van der Waals surface area contributed by atoms with Gasteiger partial charge in [0, 0.05) is 11.1 Å². The first-order chi connectivity index (χ1) is 10.4. The molecule has 0 N–H and O–H groups in total. The lowest BCUT2D eigenvalue weighted by atomic mass is 9.98. The molecule has 0 unspecified atom stereocenters. The van der Waals surface area contributed by atoms with Gasteiger partial charge in [-0.3, -0.25) is 4.99 Å². The van der Waals surface area contributed by atoms with Gasteiger partial charge >= 0.3 is 6.18 Å². The van der Waals surface area contributed by atoms with Crippen molar-refractivity contribution in [3.8, 4) is 0 Å². The summed E-state index contributed by atoms with van der Waals surface area (Å²) in [6.07, 6.45) is 0.0915. The lowest BCUT2D eigenvalue weighted by molar-refractivity contribution is -0.140. The number of fused-ring (bicyclic) bond motifs is 1. The number of halogens is 4. The first kappa shape index (κ1) is 14.9. The Morgan fingerprint density at radius 2 is 1.73 bits per heavy atom. The molecule has 22 heavy (non-hydrogen) atoms. The SMILES string of the molecule is Fc1ccc2nc(C(F)(F)F)cc(N=C3CCCCC3)c2c1. The number of aliphatic imine (C=N–C) groups is 1. The average Bonchev–Trinajstić information content (AvgIpc) is 2.47. The predicted octanol–water partition coefficient (Wildman–Crippen LogP) is 5.43. The van der Waals surface area contributed by atoms with Gasteiger partial charge in [0.05, 0.1) is 11.2 Å². The molecular formula is C16H14F4N2. The Morgan fingerprint density at radius 3 is 2.41 bits per heavy atom. The van der Waals surface area contributed by atoms with Crippen LogP contribution in [0.2, 0.25) is 0 Å². The molecular weight excluding hydrogens is 296 g/mol. The van der Waals surface area contributed by atoms with Crippen LogP contribution in [-0.2, 0) is 6.18 Å². The summed E-state index contributed by atoms with van der Waals surface area (Å²) < 4.78 is 52.3. The number of nitrogens with zero attached hydrogens (tertiary/aromatic N) is 2. The van der Waals surface area contributed by atoms with Crippen LogP contribution in [0.15, 0.2) is 29.3 Å². The maximum atomic E-state index is 13.4. The molecule has 0 aliphatic heterocycles. The summed E-state index contributed by atoms with van der Waals surface area (Å²) in [5.41, 5.74) is 0.123. The van der Waals surface area contributed by atoms with Crippen LogP contribution in [0.3, 0.4) is 0 Å². The molecule has 0 amide bonds. The van der Waals surface area contributed by atoms with Crippen LogP contribution in [0, 0.1) is 5.82 Å². The summed E-state index contributed by atoms with van der Waals surface area (Å²) >= 11 is 0. The quantitative estimate of drug-likeness (QED) is 0.645. The zero-order chi connectivity index (χ0) is 15.7. The molecule has 0 spiro atoms. The van der Waals surface area contributed by atoms with Crippen LogP contribution in [-0.4, -0.2) is 10.7 Å². The highest BCUT2D eigenvalue weighted by Gasteiger charge is 2.33. The zero-order valence-corrected chi connectivity index (χ0v) is 11.8. The van der Waals surface area contributed by atoms with E-state index in [2.05, 4.69) is 9.98 Å². The van der Waals surface area contributed by atoms with E-state index in [0.29, 0.717) is 5.39 Å². The molecule has 1 aromatic carbocycles. The van der Waals surface area contributed by atoms with Gasteiger partial charge in [-0.25, -0.2) is 9.37 Å². The number of pyridine rings is 1. The Bertz CT molecular complexity index is 727. The van der Waals surface area contributed by atoms with Crippen molar-refractivity contribution in [2.45, 2.75) is 38.3 Å². The third kappa shape index (κ3) is 3.10. The van der Waals surface area contributed by atoms with Crippen molar-refractivity contribution in [3.63, 3.8) is 0 Å². The van der Waals surface area contributed by atoms with Crippen LogP contribution < -0.4 is 0 Å². The summed E-state index contributed by atoms with van der Waals surface area (Å²) in [5.74, 6) is -0.515. The fraction of sp³-hybridized carbons (Fsp3) is 0.375. The molecule has 2 nitrogen and oxygen atoms in total. The van der Waals surface area contributed by atoms with Crippen LogP contribution in [0.4, 0.5) is 23.2 Å². The van der Waals surface area contributed by atoms with Gasteiger partial charge in [0.15, 0.2) is 0 Å². The molecule has 6 heteroatoms. The van der Waals surface area contributed by atoms with E-state index in [1.54, 1.807) is 0 Å². The van der Waals surface area contributed by atoms with Crippen molar-refractivity contribution in [2.75, 3.05) is 0 Å². The molecule has 1 aliphatic carbocycles. The number of aromatic nitrogens is 1. The van der Waals surface area contributed by atoms with Gasteiger partial charge in [0.25, 0.3) is 0 Å². The first-order valence-electron chi connectivity index (χ1n) is 7.17. The van der Waals surface area contributed by atoms with Crippen molar-refractivity contribution in [1.29, 1.82) is 0 Å². The van der Waals surface area contributed by atoms with Crippen LogP contribution >= 0.6 is 0 Å². The fourth-order valence-electron chi connectivity index (χ4n) is 2.66. The second-order valence-corrected chi connectivity index (χ2v) is 5.42. The topological polar surface area (TPSA) is 25.2 Å². The van der Waals surface area contributed by atoms with Gasteiger partial charge in [-0.15, -0.1) is 0 Å². The van der Waals surface area contributed by atoms with Gasteiger partial charge in [-0.1, -0.05) is 6.42 Å². The first-order valence-corrected chi connectivity index (χ1v) is 7.17. The second kappa shape index (κ2) is 5.66. The smallest absolute Gasteiger partial charge is 0.257 e. The van der Waals surface area contributed by atoms with Crippen molar-refractivity contribution < 1.29 is 17.6 Å². The number of hydrogen-bond donors (Lipinski definition) is 0. The van der Waals surface area contributed by atoms with E-state index < -0.39 is 17.7 Å². The highest BCUT2D eigenvalue weighted by atomic mass is 19.4. The molecule has 116 valence electrons. The Morgan fingerprint density at radius 1 is 1.00 bits per heavy atom. The van der Waals surface area contributed by atoms with Gasteiger partial charge < -0.3 is 0 Å². The van der Waals surface area contributed by atoms with Crippen LogP contribution in [0.1, 0.15) is 37.8 Å². The Hall–Kier alpha value is -1.98. The normalized spacial score (nSPS) is 16.1. The third-order valence-electron chi connectivity index (χ3n) is 3.75. The lowest BCUT2D eigenvalue weighted by Gasteiger charge is -2.14. The average molecular weight is 310 g/mol. The monoisotopic (exact) mass is 310 g/mol. The molecule has 1 fully saturated rings. The molecule has 3 rings (SSSR count). The van der Waals surface area contributed by atoms with E-state index in [9.17, 15) is 17.6 Å². The summed E-state index contributed by atoms with van der Waals surface area (Å²) in [6.45, 7) is 0. The number of benzene rings is 1. The molecule has 0 radical (unpaired) electrons. The number of hydrogen-bond acceptors (Lipinski definition) is 2. The molecule has 0 bridgehead atoms. The van der Waals surface area contributed by atoms with Crippen molar-refractivity contribution in [3.05, 3.63) is 35.8 Å². The van der Waals surface area contributed by atoms with Crippen molar-refractivity contribution >= 4 is 22.3 Å². The maximum absolute atomic E-state index is 13.4. The number of rotatable bonds is 1. The standard InChI is InChI=1S/C16H14F4N2/c17-10-6-7-13-12(8-10)14(9-15(22-13)16(18,19)20)21-11-4-2-1-3-5-11/h6-9H,1-5H2. The minimum Gasteiger partial charge on any atom is -0.257 e. The van der Waals surface area contributed by atoms with E-state index in [0.717, 1.165) is 49.9 Å². The molecule has 2 aromatic rings. The summed E-state index contributed by atoms with van der Waals surface area (Å²) in [6, 6.07) is 4.45. The van der Waals surface area contributed by atoms with E-state index in [-0.39, 0.29) is 11.2 Å². The fourth-order valence-corrected chi connectivity index (χ4v) is 2.66. The van der Waals surface area contributed by atoms with Crippen LogP contribution in [0.5, 0.6) is 0 Å². The Balaban J connectivity index is 2.18. The van der Waals surface area contributed by atoms with Crippen molar-refractivity contribution in [2.24, 2.45) is 4.99 Å². The largest absolute Gasteiger partial charge is 0.433 e. The molecule has 0 saturated heterocycles. The molecule has 1 saturated carbocycles. The second-order valence-electron chi connectivity index (χ2n) is 5.42.